The van der Waals surface area contributed by atoms with Crippen molar-refractivity contribution in [2.45, 2.75) is 20.3 Å². The number of ketones is 1. The molecule has 0 aliphatic carbocycles. The molecule has 0 unspecified atom stereocenters. The van der Waals surface area contributed by atoms with Crippen LogP contribution in [0.15, 0.2) is 24.3 Å². The first-order valence-electron chi connectivity index (χ1n) is 5.00. The van der Waals surface area contributed by atoms with Gasteiger partial charge < -0.3 is 5.32 Å². The van der Waals surface area contributed by atoms with E-state index in [2.05, 4.69) is 5.32 Å². The number of benzene rings is 1. The van der Waals surface area contributed by atoms with E-state index >= 15 is 0 Å². The summed E-state index contributed by atoms with van der Waals surface area (Å²) in [5, 5.41) is 2.51. The van der Waals surface area contributed by atoms with Crippen molar-refractivity contribution in [2.75, 3.05) is 6.54 Å². The van der Waals surface area contributed by atoms with Crippen LogP contribution in [0.1, 0.15) is 29.8 Å². The topological polar surface area (TPSA) is 46.2 Å². The molecule has 0 atom stereocenters. The Bertz CT molecular complexity index is 372. The second-order valence-electron chi connectivity index (χ2n) is 3.34. The number of amides is 1. The van der Waals surface area contributed by atoms with Crippen LogP contribution in [0.5, 0.6) is 0 Å². The van der Waals surface area contributed by atoms with Crippen molar-refractivity contribution >= 4 is 11.7 Å². The van der Waals surface area contributed by atoms with Crippen LogP contribution in [0.25, 0.3) is 0 Å². The standard InChI is InChI=1S/C12H15NO2/c1-3-10-6-4-5-7-11(10)12(15)8-13-9(2)14/h4-7H,3,8H2,1-2H3,(H,13,14). The number of hydrogen-bond donors (Lipinski definition) is 1. The highest BCUT2D eigenvalue weighted by Crippen LogP contribution is 2.09. The zero-order valence-electron chi connectivity index (χ0n) is 9.04. The predicted octanol–water partition coefficient (Wildman–Crippen LogP) is 1.57. The van der Waals surface area contributed by atoms with Crippen molar-refractivity contribution in [2.24, 2.45) is 0 Å². The molecule has 3 nitrogen and oxygen atoms in total. The Balaban J connectivity index is 2.77. The molecule has 80 valence electrons. The Hall–Kier alpha value is -1.64. The van der Waals surface area contributed by atoms with E-state index in [0.717, 1.165) is 12.0 Å². The van der Waals surface area contributed by atoms with Gasteiger partial charge in [0, 0.05) is 12.5 Å². The summed E-state index contributed by atoms with van der Waals surface area (Å²) in [6, 6.07) is 7.47. The van der Waals surface area contributed by atoms with E-state index in [0.29, 0.717) is 5.56 Å². The van der Waals surface area contributed by atoms with E-state index in [1.807, 2.05) is 25.1 Å². The second-order valence-corrected chi connectivity index (χ2v) is 3.34. The summed E-state index contributed by atoms with van der Waals surface area (Å²) in [5.74, 6) is -0.222. The molecular weight excluding hydrogens is 190 g/mol. The Kier molecular flexibility index (Phi) is 4.03. The van der Waals surface area contributed by atoms with Gasteiger partial charge in [-0.15, -0.1) is 0 Å². The first kappa shape index (κ1) is 11.4. The monoisotopic (exact) mass is 205 g/mol. The van der Waals surface area contributed by atoms with E-state index in [-0.39, 0.29) is 18.2 Å². The van der Waals surface area contributed by atoms with Crippen LogP contribution in [0.4, 0.5) is 0 Å². The van der Waals surface area contributed by atoms with Crippen LogP contribution in [-0.2, 0) is 11.2 Å². The highest BCUT2D eigenvalue weighted by molar-refractivity contribution is 6.00. The SMILES string of the molecule is CCc1ccccc1C(=O)CNC(C)=O. The van der Waals surface area contributed by atoms with Crippen LogP contribution in [0.3, 0.4) is 0 Å². The van der Waals surface area contributed by atoms with Gasteiger partial charge in [-0.25, -0.2) is 0 Å². The first-order valence-corrected chi connectivity index (χ1v) is 5.00. The number of carbonyl (C=O) groups is 2. The lowest BCUT2D eigenvalue weighted by atomic mass is 10.0. The van der Waals surface area contributed by atoms with Gasteiger partial charge in [-0.3, -0.25) is 9.59 Å². The lowest BCUT2D eigenvalue weighted by Gasteiger charge is -2.06. The number of rotatable bonds is 4. The summed E-state index contributed by atoms with van der Waals surface area (Å²) in [4.78, 5) is 22.4. The van der Waals surface area contributed by atoms with Crippen molar-refractivity contribution in [1.29, 1.82) is 0 Å². The van der Waals surface area contributed by atoms with Gasteiger partial charge in [0.25, 0.3) is 0 Å². The van der Waals surface area contributed by atoms with Crippen LogP contribution >= 0.6 is 0 Å². The molecule has 3 heteroatoms. The zero-order chi connectivity index (χ0) is 11.3. The van der Waals surface area contributed by atoms with Crippen LogP contribution in [-0.4, -0.2) is 18.2 Å². The Labute approximate surface area is 89.5 Å². The summed E-state index contributed by atoms with van der Waals surface area (Å²) in [6.45, 7) is 3.48. The fourth-order valence-electron chi connectivity index (χ4n) is 1.40. The van der Waals surface area contributed by atoms with E-state index in [1.54, 1.807) is 6.07 Å². The quantitative estimate of drug-likeness (QED) is 0.758. The molecular formula is C12H15NO2. The molecule has 0 bridgehead atoms. The molecule has 0 heterocycles. The molecule has 0 saturated carbocycles. The van der Waals surface area contributed by atoms with E-state index in [9.17, 15) is 9.59 Å². The highest BCUT2D eigenvalue weighted by atomic mass is 16.2. The number of Topliss-reactive ketones (excluding diaryl/α,β-unsaturated/α-hetero) is 1. The minimum Gasteiger partial charge on any atom is -0.349 e. The maximum absolute atomic E-state index is 11.7. The third kappa shape index (κ3) is 3.20. The highest BCUT2D eigenvalue weighted by Gasteiger charge is 2.09. The van der Waals surface area contributed by atoms with Crippen LogP contribution in [0, 0.1) is 0 Å². The minimum atomic E-state index is -0.183. The van der Waals surface area contributed by atoms with Gasteiger partial charge in [-0.1, -0.05) is 31.2 Å². The smallest absolute Gasteiger partial charge is 0.217 e. The average Bonchev–Trinajstić information content (AvgIpc) is 2.25. The van der Waals surface area contributed by atoms with Gasteiger partial charge in [-0.2, -0.15) is 0 Å². The molecule has 0 aliphatic heterocycles. The third-order valence-electron chi connectivity index (χ3n) is 2.20. The van der Waals surface area contributed by atoms with Crippen LogP contribution in [0.2, 0.25) is 0 Å². The second kappa shape index (κ2) is 5.29. The Morgan fingerprint density at radius 1 is 1.27 bits per heavy atom. The Morgan fingerprint density at radius 2 is 1.93 bits per heavy atom. The molecule has 1 rings (SSSR count). The summed E-state index contributed by atoms with van der Waals surface area (Å²) in [7, 11) is 0. The van der Waals surface area contributed by atoms with E-state index in [4.69, 9.17) is 0 Å². The number of aryl methyl sites for hydroxylation is 1. The lowest BCUT2D eigenvalue weighted by Crippen LogP contribution is -2.27. The molecule has 0 spiro atoms. The van der Waals surface area contributed by atoms with Crippen molar-refractivity contribution in [3.05, 3.63) is 35.4 Å². The molecule has 1 amide bonds. The van der Waals surface area contributed by atoms with Gasteiger partial charge in [0.05, 0.1) is 6.54 Å². The van der Waals surface area contributed by atoms with Gasteiger partial charge in [0.15, 0.2) is 5.78 Å². The van der Waals surface area contributed by atoms with Gasteiger partial charge >= 0.3 is 0 Å². The molecule has 1 aromatic carbocycles. The molecule has 15 heavy (non-hydrogen) atoms. The van der Waals surface area contributed by atoms with Crippen molar-refractivity contribution < 1.29 is 9.59 Å². The summed E-state index contributed by atoms with van der Waals surface area (Å²) in [5.41, 5.74) is 1.72. The summed E-state index contributed by atoms with van der Waals surface area (Å²) >= 11 is 0. The third-order valence-corrected chi connectivity index (χ3v) is 2.20. The molecule has 0 fully saturated rings. The van der Waals surface area contributed by atoms with Gasteiger partial charge in [0.2, 0.25) is 5.91 Å². The molecule has 0 saturated heterocycles. The minimum absolute atomic E-state index is 0.0392. The van der Waals surface area contributed by atoms with Crippen molar-refractivity contribution in [1.82, 2.24) is 5.32 Å². The molecule has 1 N–H and O–H groups in total. The maximum Gasteiger partial charge on any atom is 0.217 e. The predicted molar refractivity (Wildman–Crippen MR) is 58.8 cm³/mol. The van der Waals surface area contributed by atoms with Crippen LogP contribution < -0.4 is 5.32 Å². The molecule has 0 radical (unpaired) electrons. The molecule has 0 aromatic heterocycles. The fraction of sp³-hybridized carbons (Fsp3) is 0.333. The largest absolute Gasteiger partial charge is 0.349 e. The fourth-order valence-corrected chi connectivity index (χ4v) is 1.40. The van der Waals surface area contributed by atoms with E-state index in [1.165, 1.54) is 6.92 Å². The van der Waals surface area contributed by atoms with Crippen molar-refractivity contribution in [3.63, 3.8) is 0 Å². The van der Waals surface area contributed by atoms with Gasteiger partial charge in [0.1, 0.15) is 0 Å². The molecule has 0 aliphatic rings. The summed E-state index contributed by atoms with van der Waals surface area (Å²) < 4.78 is 0. The number of hydrogen-bond acceptors (Lipinski definition) is 2. The van der Waals surface area contributed by atoms with Crippen molar-refractivity contribution in [3.8, 4) is 0 Å². The lowest BCUT2D eigenvalue weighted by molar-refractivity contribution is -0.118. The molecule has 1 aromatic rings. The zero-order valence-corrected chi connectivity index (χ0v) is 9.04. The normalized spacial score (nSPS) is 9.73. The summed E-state index contributed by atoms with van der Waals surface area (Å²) in [6.07, 6.45) is 0.821. The Morgan fingerprint density at radius 3 is 2.53 bits per heavy atom. The average molecular weight is 205 g/mol. The maximum atomic E-state index is 11.7. The van der Waals surface area contributed by atoms with E-state index < -0.39 is 0 Å². The number of nitrogens with one attached hydrogen (secondary N) is 1. The number of carbonyl (C=O) groups excluding carboxylic acids is 2. The van der Waals surface area contributed by atoms with Gasteiger partial charge in [-0.05, 0) is 12.0 Å². The first-order chi connectivity index (χ1) is 7.15.